The maximum absolute atomic E-state index is 14.1. The van der Waals surface area contributed by atoms with Crippen molar-refractivity contribution in [2.24, 2.45) is 0 Å². The number of hydrogen-bond donors (Lipinski definition) is 0. The molecule has 1 saturated heterocycles. The van der Waals surface area contributed by atoms with E-state index >= 15 is 0 Å². The molecule has 5 rings (SSSR count). The molecule has 2 aliphatic rings. The molecule has 0 aliphatic carbocycles. The number of hydrogen-bond acceptors (Lipinski definition) is 6. The molecule has 0 bridgehead atoms. The van der Waals surface area contributed by atoms with Gasteiger partial charge in [0.2, 0.25) is 0 Å². The number of carbonyl (C=O) groups is 1. The third-order valence-corrected chi connectivity index (χ3v) is 6.81. The average Bonchev–Trinajstić information content (AvgIpc) is 3.21. The van der Waals surface area contributed by atoms with Gasteiger partial charge in [-0.1, -0.05) is 12.1 Å². The minimum Gasteiger partial charge on any atom is -0.461 e. The number of carbonyl (C=O) groups excluding carboxylic acids is 1. The molecular formula is C24H24FN3O3S. The predicted molar refractivity (Wildman–Crippen MR) is 121 cm³/mol. The van der Waals surface area contributed by atoms with Crippen molar-refractivity contribution in [3.63, 3.8) is 0 Å². The van der Waals surface area contributed by atoms with E-state index in [1.165, 1.54) is 17.7 Å². The van der Waals surface area contributed by atoms with Crippen LogP contribution in [0.2, 0.25) is 0 Å². The van der Waals surface area contributed by atoms with Gasteiger partial charge in [0.15, 0.2) is 5.69 Å². The summed E-state index contributed by atoms with van der Waals surface area (Å²) < 4.78 is 26.6. The second kappa shape index (κ2) is 9.05. The van der Waals surface area contributed by atoms with Crippen LogP contribution in [0.4, 0.5) is 4.39 Å². The smallest absolute Gasteiger partial charge is 0.359 e. The third kappa shape index (κ3) is 4.05. The molecule has 0 unspecified atom stereocenters. The normalized spacial score (nSPS) is 15.8. The van der Waals surface area contributed by atoms with E-state index < -0.39 is 5.97 Å². The summed E-state index contributed by atoms with van der Waals surface area (Å²) >= 11 is 1.58. The van der Waals surface area contributed by atoms with Gasteiger partial charge in [-0.2, -0.15) is 5.10 Å². The molecule has 2 aromatic carbocycles. The van der Waals surface area contributed by atoms with Crippen molar-refractivity contribution in [1.82, 2.24) is 14.7 Å². The number of benzene rings is 2. The molecule has 3 aromatic rings. The van der Waals surface area contributed by atoms with Crippen molar-refractivity contribution in [2.75, 3.05) is 32.9 Å². The second-order valence-electron chi connectivity index (χ2n) is 7.79. The first-order valence-electron chi connectivity index (χ1n) is 10.7. The van der Waals surface area contributed by atoms with E-state index in [-0.39, 0.29) is 12.4 Å². The first-order chi connectivity index (χ1) is 15.6. The van der Waals surface area contributed by atoms with Crippen LogP contribution < -0.4 is 0 Å². The third-order valence-electron chi connectivity index (χ3n) is 5.71. The van der Waals surface area contributed by atoms with Crippen LogP contribution in [-0.2, 0) is 21.8 Å². The van der Waals surface area contributed by atoms with Crippen molar-refractivity contribution < 1.29 is 18.7 Å². The molecule has 0 N–H and O–H groups in total. The van der Waals surface area contributed by atoms with Crippen molar-refractivity contribution in [1.29, 1.82) is 0 Å². The van der Waals surface area contributed by atoms with Crippen molar-refractivity contribution in [2.45, 2.75) is 24.1 Å². The fourth-order valence-electron chi connectivity index (χ4n) is 4.14. The zero-order chi connectivity index (χ0) is 22.1. The molecule has 3 heterocycles. The minimum absolute atomic E-state index is 0.273. The van der Waals surface area contributed by atoms with Crippen LogP contribution in [0.1, 0.15) is 28.5 Å². The summed E-state index contributed by atoms with van der Waals surface area (Å²) in [4.78, 5) is 16.0. The maximum Gasteiger partial charge on any atom is 0.359 e. The highest BCUT2D eigenvalue weighted by Crippen LogP contribution is 2.44. The van der Waals surface area contributed by atoms with Gasteiger partial charge in [-0.3, -0.25) is 4.90 Å². The monoisotopic (exact) mass is 453 g/mol. The number of halogens is 1. The molecule has 0 atom stereocenters. The van der Waals surface area contributed by atoms with Crippen LogP contribution in [0.3, 0.4) is 0 Å². The molecule has 8 heteroatoms. The van der Waals surface area contributed by atoms with Crippen LogP contribution in [0.15, 0.2) is 47.4 Å². The summed E-state index contributed by atoms with van der Waals surface area (Å²) in [6.07, 6.45) is 0. The van der Waals surface area contributed by atoms with E-state index in [1.54, 1.807) is 29.4 Å². The second-order valence-corrected chi connectivity index (χ2v) is 8.81. The molecule has 32 heavy (non-hydrogen) atoms. The number of morpholine rings is 1. The summed E-state index contributed by atoms with van der Waals surface area (Å²) in [5, 5.41) is 4.63. The predicted octanol–water partition coefficient (Wildman–Crippen LogP) is 4.29. The number of fused-ring (bicyclic) bond motifs is 3. The highest BCUT2D eigenvalue weighted by atomic mass is 32.2. The van der Waals surface area contributed by atoms with Crippen molar-refractivity contribution >= 4 is 17.7 Å². The molecule has 6 nitrogen and oxygen atoms in total. The summed E-state index contributed by atoms with van der Waals surface area (Å²) in [6, 6.07) is 12.9. The number of rotatable bonds is 5. The van der Waals surface area contributed by atoms with Gasteiger partial charge in [-0.25, -0.2) is 13.9 Å². The van der Waals surface area contributed by atoms with Gasteiger partial charge >= 0.3 is 5.97 Å². The first kappa shape index (κ1) is 21.2. The number of esters is 1. The van der Waals surface area contributed by atoms with E-state index in [9.17, 15) is 9.18 Å². The largest absolute Gasteiger partial charge is 0.461 e. The SMILES string of the molecule is CCOC(=O)c1nn(-c2ccc(CN3CCOCC3)cc2)c2c1CSc1ccc(F)cc1-2. The molecule has 2 aliphatic heterocycles. The lowest BCUT2D eigenvalue weighted by molar-refractivity contribution is 0.0342. The summed E-state index contributed by atoms with van der Waals surface area (Å²) in [5.41, 5.74) is 4.60. The van der Waals surface area contributed by atoms with Crippen LogP contribution in [0, 0.1) is 5.82 Å². The lowest BCUT2D eigenvalue weighted by Gasteiger charge is -2.26. The zero-order valence-electron chi connectivity index (χ0n) is 17.8. The van der Waals surface area contributed by atoms with E-state index in [0.29, 0.717) is 11.4 Å². The average molecular weight is 454 g/mol. The summed E-state index contributed by atoms with van der Waals surface area (Å²) in [5.74, 6) is -0.188. The Bertz CT molecular complexity index is 1140. The lowest BCUT2D eigenvalue weighted by Crippen LogP contribution is -2.35. The van der Waals surface area contributed by atoms with Gasteiger partial charge in [-0.05, 0) is 42.8 Å². The maximum atomic E-state index is 14.1. The van der Waals surface area contributed by atoms with Crippen LogP contribution in [-0.4, -0.2) is 53.6 Å². The van der Waals surface area contributed by atoms with Gasteiger partial charge in [0.05, 0.1) is 31.2 Å². The molecule has 0 radical (unpaired) electrons. The van der Waals surface area contributed by atoms with Gasteiger partial charge < -0.3 is 9.47 Å². The number of aromatic nitrogens is 2. The van der Waals surface area contributed by atoms with Crippen LogP contribution in [0.25, 0.3) is 16.9 Å². The lowest BCUT2D eigenvalue weighted by atomic mass is 10.1. The summed E-state index contributed by atoms with van der Waals surface area (Å²) in [6.45, 7) is 6.29. The molecule has 0 saturated carbocycles. The Kier molecular flexibility index (Phi) is 5.99. The highest BCUT2D eigenvalue weighted by molar-refractivity contribution is 7.98. The van der Waals surface area contributed by atoms with E-state index in [0.717, 1.165) is 60.3 Å². The van der Waals surface area contributed by atoms with Gasteiger partial charge in [0, 0.05) is 41.4 Å². The van der Waals surface area contributed by atoms with E-state index in [4.69, 9.17) is 9.47 Å². The van der Waals surface area contributed by atoms with Crippen LogP contribution >= 0.6 is 11.8 Å². The van der Waals surface area contributed by atoms with E-state index in [2.05, 4.69) is 22.1 Å². The molecule has 1 fully saturated rings. The quantitative estimate of drug-likeness (QED) is 0.537. The Balaban J connectivity index is 1.54. The molecular weight excluding hydrogens is 429 g/mol. The first-order valence-corrected chi connectivity index (χ1v) is 11.7. The minimum atomic E-state index is -0.452. The fourth-order valence-corrected chi connectivity index (χ4v) is 5.19. The topological polar surface area (TPSA) is 56.6 Å². The molecule has 0 spiro atoms. The molecule has 1 aromatic heterocycles. The summed E-state index contributed by atoms with van der Waals surface area (Å²) in [7, 11) is 0. The van der Waals surface area contributed by atoms with Crippen molar-refractivity contribution in [3.05, 3.63) is 65.1 Å². The van der Waals surface area contributed by atoms with Crippen molar-refractivity contribution in [3.8, 4) is 16.9 Å². The van der Waals surface area contributed by atoms with Crippen LogP contribution in [0.5, 0.6) is 0 Å². The Morgan fingerprint density at radius 3 is 2.72 bits per heavy atom. The Hall–Kier alpha value is -2.68. The zero-order valence-corrected chi connectivity index (χ0v) is 18.7. The number of thioether (sulfide) groups is 1. The van der Waals surface area contributed by atoms with E-state index in [1.807, 2.05) is 12.1 Å². The Morgan fingerprint density at radius 1 is 1.19 bits per heavy atom. The van der Waals surface area contributed by atoms with Gasteiger partial charge in [0.25, 0.3) is 0 Å². The molecule has 166 valence electrons. The number of ether oxygens (including phenoxy) is 2. The van der Waals surface area contributed by atoms with Gasteiger partial charge in [0.1, 0.15) is 5.82 Å². The Labute approximate surface area is 190 Å². The standard InChI is InChI=1S/C24H24FN3O3S/c1-2-31-24(29)22-20-15-32-21-8-5-17(25)13-19(21)23(20)28(26-22)18-6-3-16(4-7-18)14-27-9-11-30-12-10-27/h3-8,13H,2,9-12,14-15H2,1H3. The molecule has 0 amide bonds. The Morgan fingerprint density at radius 2 is 1.97 bits per heavy atom. The fraction of sp³-hybridized carbons (Fsp3) is 0.333. The highest BCUT2D eigenvalue weighted by Gasteiger charge is 2.30. The number of nitrogens with zero attached hydrogens (tertiary/aromatic N) is 3. The van der Waals surface area contributed by atoms with Gasteiger partial charge in [-0.15, -0.1) is 11.8 Å².